The summed E-state index contributed by atoms with van der Waals surface area (Å²) in [5.74, 6) is 1.53. The number of hydrogen-bond acceptors (Lipinski definition) is 4. The number of hydrogen-bond donors (Lipinski definition) is 1. The Morgan fingerprint density at radius 1 is 1.21 bits per heavy atom. The first-order valence-electron chi connectivity index (χ1n) is 7.62. The number of carbonyl (C=O) groups excluding carboxylic acids is 1. The molecule has 3 rings (SSSR count). The van der Waals surface area contributed by atoms with Gasteiger partial charge in [0.05, 0.1) is 19.0 Å². The molecule has 24 heavy (non-hydrogen) atoms. The van der Waals surface area contributed by atoms with Gasteiger partial charge in [0, 0.05) is 18.8 Å². The molecule has 0 saturated heterocycles. The number of nitrogens with zero attached hydrogens (tertiary/aromatic N) is 3. The van der Waals surface area contributed by atoms with Gasteiger partial charge in [-0.25, -0.2) is 9.97 Å². The van der Waals surface area contributed by atoms with E-state index in [1.807, 2.05) is 42.6 Å². The largest absolute Gasteiger partial charge is 0.497 e. The number of ether oxygens (including phenoxy) is 1. The van der Waals surface area contributed by atoms with Gasteiger partial charge < -0.3 is 10.1 Å². The van der Waals surface area contributed by atoms with E-state index in [0.717, 1.165) is 17.1 Å². The van der Waals surface area contributed by atoms with Crippen molar-refractivity contribution >= 4 is 11.6 Å². The van der Waals surface area contributed by atoms with E-state index in [9.17, 15) is 4.79 Å². The van der Waals surface area contributed by atoms with E-state index in [-0.39, 0.29) is 5.91 Å². The maximum Gasteiger partial charge on any atom is 0.224 e. The molecule has 2 aromatic heterocycles. The standard InChI is InChI=1S/C18H18N4O2/c1-24-16-6-2-14(3-7-16)4-9-18(23)21-15-5-8-17(20-12-15)22-11-10-19-13-22/h2-3,5-8,10-13H,4,9H2,1H3,(H,21,23). The maximum atomic E-state index is 12.0. The summed E-state index contributed by atoms with van der Waals surface area (Å²) in [5, 5.41) is 2.86. The Morgan fingerprint density at radius 3 is 2.67 bits per heavy atom. The second kappa shape index (κ2) is 7.41. The van der Waals surface area contributed by atoms with Crippen molar-refractivity contribution in [3.63, 3.8) is 0 Å². The molecule has 2 heterocycles. The lowest BCUT2D eigenvalue weighted by molar-refractivity contribution is -0.116. The van der Waals surface area contributed by atoms with Crippen LogP contribution >= 0.6 is 0 Å². The van der Waals surface area contributed by atoms with Gasteiger partial charge in [-0.05, 0) is 36.2 Å². The minimum absolute atomic E-state index is 0.0389. The predicted octanol–water partition coefficient (Wildman–Crippen LogP) is 2.85. The van der Waals surface area contributed by atoms with Crippen molar-refractivity contribution in [3.05, 3.63) is 66.9 Å². The number of pyridine rings is 1. The number of aryl methyl sites for hydroxylation is 1. The van der Waals surface area contributed by atoms with Crippen LogP contribution in [0.15, 0.2) is 61.3 Å². The smallest absolute Gasteiger partial charge is 0.224 e. The molecule has 3 aromatic rings. The Balaban J connectivity index is 1.52. The Hall–Kier alpha value is -3.15. The van der Waals surface area contributed by atoms with E-state index in [4.69, 9.17) is 4.74 Å². The van der Waals surface area contributed by atoms with Crippen LogP contribution in [0.4, 0.5) is 5.69 Å². The third-order valence-electron chi connectivity index (χ3n) is 3.60. The number of amides is 1. The van der Waals surface area contributed by atoms with Crippen molar-refractivity contribution in [2.75, 3.05) is 12.4 Å². The van der Waals surface area contributed by atoms with Crippen LogP contribution in [0.1, 0.15) is 12.0 Å². The van der Waals surface area contributed by atoms with Gasteiger partial charge in [-0.3, -0.25) is 9.36 Å². The molecule has 1 amide bonds. The highest BCUT2D eigenvalue weighted by Crippen LogP contribution is 2.14. The van der Waals surface area contributed by atoms with Gasteiger partial charge in [-0.15, -0.1) is 0 Å². The molecule has 0 unspecified atom stereocenters. The summed E-state index contributed by atoms with van der Waals surface area (Å²) >= 11 is 0. The summed E-state index contributed by atoms with van der Waals surface area (Å²) in [6, 6.07) is 11.4. The molecule has 0 saturated carbocycles. The first-order valence-corrected chi connectivity index (χ1v) is 7.62. The number of nitrogens with one attached hydrogen (secondary N) is 1. The van der Waals surface area contributed by atoms with Crippen LogP contribution in [0.5, 0.6) is 5.75 Å². The third kappa shape index (κ3) is 3.98. The lowest BCUT2D eigenvalue weighted by Crippen LogP contribution is -2.12. The van der Waals surface area contributed by atoms with E-state index < -0.39 is 0 Å². The monoisotopic (exact) mass is 322 g/mol. The predicted molar refractivity (Wildman–Crippen MR) is 91.3 cm³/mol. The highest BCUT2D eigenvalue weighted by atomic mass is 16.5. The van der Waals surface area contributed by atoms with Crippen LogP contribution in [-0.4, -0.2) is 27.6 Å². The summed E-state index contributed by atoms with van der Waals surface area (Å²) in [7, 11) is 1.63. The van der Waals surface area contributed by atoms with Gasteiger partial charge in [0.25, 0.3) is 0 Å². The zero-order valence-corrected chi connectivity index (χ0v) is 13.3. The molecule has 0 spiro atoms. The van der Waals surface area contributed by atoms with Crippen LogP contribution in [0, 0.1) is 0 Å². The van der Waals surface area contributed by atoms with Gasteiger partial charge in [-0.1, -0.05) is 12.1 Å². The average molecular weight is 322 g/mol. The highest BCUT2D eigenvalue weighted by Gasteiger charge is 2.05. The minimum atomic E-state index is -0.0389. The molecule has 0 atom stereocenters. The van der Waals surface area contributed by atoms with Gasteiger partial charge in [0.2, 0.25) is 5.91 Å². The summed E-state index contributed by atoms with van der Waals surface area (Å²) in [6.07, 6.45) is 7.91. The summed E-state index contributed by atoms with van der Waals surface area (Å²) in [6.45, 7) is 0. The zero-order valence-electron chi connectivity index (χ0n) is 13.3. The van der Waals surface area contributed by atoms with Crippen LogP contribution in [0.2, 0.25) is 0 Å². The van der Waals surface area contributed by atoms with Crippen molar-refractivity contribution in [3.8, 4) is 11.6 Å². The number of methoxy groups -OCH3 is 1. The number of aromatic nitrogens is 3. The first kappa shape index (κ1) is 15.7. The van der Waals surface area contributed by atoms with Gasteiger partial charge in [-0.2, -0.15) is 0 Å². The number of carbonyl (C=O) groups is 1. The van der Waals surface area contributed by atoms with Gasteiger partial charge >= 0.3 is 0 Å². The molecule has 0 radical (unpaired) electrons. The summed E-state index contributed by atoms with van der Waals surface area (Å²) < 4.78 is 6.92. The Labute approximate surface area is 140 Å². The van der Waals surface area contributed by atoms with E-state index in [1.54, 1.807) is 30.4 Å². The number of anilines is 1. The highest BCUT2D eigenvalue weighted by molar-refractivity contribution is 5.90. The van der Waals surface area contributed by atoms with Crippen LogP contribution < -0.4 is 10.1 Å². The lowest BCUT2D eigenvalue weighted by Gasteiger charge is -2.07. The lowest BCUT2D eigenvalue weighted by atomic mass is 10.1. The van der Waals surface area contributed by atoms with Crippen molar-refractivity contribution in [1.29, 1.82) is 0 Å². The fourth-order valence-electron chi connectivity index (χ4n) is 2.28. The van der Waals surface area contributed by atoms with Crippen molar-refractivity contribution < 1.29 is 9.53 Å². The minimum Gasteiger partial charge on any atom is -0.497 e. The molecule has 0 fully saturated rings. The normalized spacial score (nSPS) is 10.4. The Kier molecular flexibility index (Phi) is 4.86. The molecule has 1 aromatic carbocycles. The fourth-order valence-corrected chi connectivity index (χ4v) is 2.28. The molecule has 6 nitrogen and oxygen atoms in total. The average Bonchev–Trinajstić information content (AvgIpc) is 3.16. The SMILES string of the molecule is COc1ccc(CCC(=O)Nc2ccc(-n3ccnc3)nc2)cc1. The van der Waals surface area contributed by atoms with Gasteiger partial charge in [0.15, 0.2) is 0 Å². The fraction of sp³-hybridized carbons (Fsp3) is 0.167. The number of imidazole rings is 1. The summed E-state index contributed by atoms with van der Waals surface area (Å²) in [5.41, 5.74) is 1.78. The van der Waals surface area contributed by atoms with Crippen molar-refractivity contribution in [1.82, 2.24) is 14.5 Å². The van der Waals surface area contributed by atoms with E-state index >= 15 is 0 Å². The third-order valence-corrected chi connectivity index (χ3v) is 3.60. The van der Waals surface area contributed by atoms with E-state index in [0.29, 0.717) is 18.5 Å². The first-order chi connectivity index (χ1) is 11.7. The molecule has 6 heteroatoms. The molecule has 122 valence electrons. The van der Waals surface area contributed by atoms with Crippen molar-refractivity contribution in [2.24, 2.45) is 0 Å². The molecular weight excluding hydrogens is 304 g/mol. The van der Waals surface area contributed by atoms with E-state index in [2.05, 4.69) is 15.3 Å². The second-order valence-corrected chi connectivity index (χ2v) is 5.27. The van der Waals surface area contributed by atoms with Crippen LogP contribution in [0.3, 0.4) is 0 Å². The number of benzene rings is 1. The van der Waals surface area contributed by atoms with Crippen LogP contribution in [-0.2, 0) is 11.2 Å². The molecule has 0 bridgehead atoms. The summed E-state index contributed by atoms with van der Waals surface area (Å²) in [4.78, 5) is 20.3. The van der Waals surface area contributed by atoms with Gasteiger partial charge in [0.1, 0.15) is 17.9 Å². The van der Waals surface area contributed by atoms with E-state index in [1.165, 1.54) is 0 Å². The Morgan fingerprint density at radius 2 is 2.04 bits per heavy atom. The quantitative estimate of drug-likeness (QED) is 0.757. The zero-order chi connectivity index (χ0) is 16.8. The maximum absolute atomic E-state index is 12.0. The van der Waals surface area contributed by atoms with Crippen LogP contribution in [0.25, 0.3) is 5.82 Å². The molecule has 0 aliphatic rings. The molecule has 1 N–H and O–H groups in total. The van der Waals surface area contributed by atoms with Crippen molar-refractivity contribution in [2.45, 2.75) is 12.8 Å². The topological polar surface area (TPSA) is 69.0 Å². The molecular formula is C18H18N4O2. The number of rotatable bonds is 6. The molecule has 0 aliphatic heterocycles. The molecule has 0 aliphatic carbocycles. The Bertz CT molecular complexity index is 781. The second-order valence-electron chi connectivity index (χ2n) is 5.27.